The summed E-state index contributed by atoms with van der Waals surface area (Å²) in [5.41, 5.74) is 5.34. The minimum absolute atomic E-state index is 0.495. The fraction of sp³-hybridized carbons (Fsp3) is 0.500. The number of hydrogen-bond acceptors (Lipinski definition) is 1. The molecular formula is C12H19BN. The molecule has 1 nitrogen and oxygen atoms in total. The number of benzene rings is 1. The van der Waals surface area contributed by atoms with E-state index in [9.17, 15) is 0 Å². The van der Waals surface area contributed by atoms with Gasteiger partial charge in [0, 0.05) is 0 Å². The lowest BCUT2D eigenvalue weighted by Crippen LogP contribution is -2.38. The summed E-state index contributed by atoms with van der Waals surface area (Å²) >= 11 is 0. The highest BCUT2D eigenvalue weighted by molar-refractivity contribution is 6.52. The van der Waals surface area contributed by atoms with Crippen LogP contribution in [0.3, 0.4) is 0 Å². The zero-order valence-corrected chi connectivity index (χ0v) is 9.81. The Balaban J connectivity index is 2.86. The third-order valence-corrected chi connectivity index (χ3v) is 2.30. The molecule has 0 heterocycles. The number of nitrogens with one attached hydrogen (secondary N) is 1. The van der Waals surface area contributed by atoms with Crippen molar-refractivity contribution >= 4 is 12.9 Å². The smallest absolute Gasteiger partial charge is 0.245 e. The van der Waals surface area contributed by atoms with E-state index >= 15 is 0 Å². The highest BCUT2D eigenvalue weighted by Crippen LogP contribution is 2.04. The van der Waals surface area contributed by atoms with Gasteiger partial charge in [0.2, 0.25) is 7.41 Å². The van der Waals surface area contributed by atoms with Crippen LogP contribution in [-0.2, 0) is 0 Å². The summed E-state index contributed by atoms with van der Waals surface area (Å²) in [6.45, 7) is 10.8. The second kappa shape index (κ2) is 4.65. The van der Waals surface area contributed by atoms with Crippen molar-refractivity contribution in [2.75, 3.05) is 0 Å². The minimum Gasteiger partial charge on any atom is -0.354 e. The molecule has 2 heteroatoms. The summed E-state index contributed by atoms with van der Waals surface area (Å²) in [7, 11) is 2.12. The number of rotatable bonds is 3. The Morgan fingerprint density at radius 3 is 2.00 bits per heavy atom. The average Bonchev–Trinajstić information content (AvgIpc) is 2.01. The topological polar surface area (TPSA) is 12.0 Å². The van der Waals surface area contributed by atoms with Gasteiger partial charge in [-0.25, -0.2) is 0 Å². The van der Waals surface area contributed by atoms with E-state index < -0.39 is 0 Å². The predicted octanol–water partition coefficient (Wildman–Crippen LogP) is 1.85. The Bertz CT molecular complexity index is 295. The first-order valence-corrected chi connectivity index (χ1v) is 5.18. The molecule has 1 rings (SSSR count). The van der Waals surface area contributed by atoms with Gasteiger partial charge in [0.05, 0.1) is 0 Å². The third kappa shape index (κ3) is 2.88. The van der Waals surface area contributed by atoms with E-state index in [1.54, 1.807) is 0 Å². The highest BCUT2D eigenvalue weighted by Gasteiger charge is 2.05. The summed E-state index contributed by atoms with van der Waals surface area (Å²) in [5, 5.41) is 3.34. The van der Waals surface area contributed by atoms with E-state index in [2.05, 4.69) is 59.4 Å². The molecule has 1 aromatic carbocycles. The lowest BCUT2D eigenvalue weighted by atomic mass is 9.75. The van der Waals surface area contributed by atoms with Crippen molar-refractivity contribution in [3.8, 4) is 0 Å². The van der Waals surface area contributed by atoms with Crippen molar-refractivity contribution in [2.45, 2.75) is 40.7 Å². The standard InChI is InChI=1S/C12H19BN/c1-8(2)14-13-12-10(4)6-9(3)7-11(12)5/h6-8,14H,1-5H3. The van der Waals surface area contributed by atoms with E-state index in [1.165, 1.54) is 22.2 Å². The van der Waals surface area contributed by atoms with Crippen molar-refractivity contribution in [2.24, 2.45) is 0 Å². The molecule has 75 valence electrons. The fourth-order valence-electron chi connectivity index (χ4n) is 1.67. The molecule has 0 unspecified atom stereocenters. The maximum atomic E-state index is 3.34. The molecule has 0 saturated heterocycles. The molecule has 0 amide bonds. The van der Waals surface area contributed by atoms with Gasteiger partial charge in [0.15, 0.2) is 0 Å². The van der Waals surface area contributed by atoms with E-state index in [0.29, 0.717) is 6.04 Å². The van der Waals surface area contributed by atoms with E-state index in [0.717, 1.165) is 0 Å². The summed E-state index contributed by atoms with van der Waals surface area (Å²) in [4.78, 5) is 0. The van der Waals surface area contributed by atoms with E-state index in [1.807, 2.05) is 0 Å². The van der Waals surface area contributed by atoms with Crippen LogP contribution in [0.25, 0.3) is 0 Å². The molecule has 0 aliphatic heterocycles. The SMILES string of the molecule is Cc1cc(C)c([B]NC(C)C)c(C)c1. The van der Waals surface area contributed by atoms with Gasteiger partial charge in [-0.15, -0.1) is 0 Å². The van der Waals surface area contributed by atoms with Crippen LogP contribution in [0.15, 0.2) is 12.1 Å². The summed E-state index contributed by atoms with van der Waals surface area (Å²) in [5.74, 6) is 0. The van der Waals surface area contributed by atoms with Crippen molar-refractivity contribution in [1.29, 1.82) is 0 Å². The van der Waals surface area contributed by atoms with Gasteiger partial charge in [-0.1, -0.05) is 48.1 Å². The average molecular weight is 188 g/mol. The molecule has 0 bridgehead atoms. The Morgan fingerprint density at radius 1 is 1.07 bits per heavy atom. The normalized spacial score (nSPS) is 10.7. The maximum Gasteiger partial charge on any atom is 0.245 e. The molecule has 0 fully saturated rings. The first-order valence-electron chi connectivity index (χ1n) is 5.18. The summed E-state index contributed by atoms with van der Waals surface area (Å²) in [6, 6.07) is 4.94. The first kappa shape index (κ1) is 11.3. The van der Waals surface area contributed by atoms with E-state index in [4.69, 9.17) is 0 Å². The molecule has 1 aromatic rings. The molecule has 1 radical (unpaired) electrons. The molecule has 0 aromatic heterocycles. The molecule has 14 heavy (non-hydrogen) atoms. The molecule has 0 aliphatic carbocycles. The molecule has 1 N–H and O–H groups in total. The molecule has 0 aliphatic rings. The Labute approximate surface area is 88.2 Å². The van der Waals surface area contributed by atoms with Crippen molar-refractivity contribution < 1.29 is 0 Å². The monoisotopic (exact) mass is 188 g/mol. The van der Waals surface area contributed by atoms with Crippen LogP contribution in [-0.4, -0.2) is 13.5 Å². The van der Waals surface area contributed by atoms with Crippen molar-refractivity contribution in [3.05, 3.63) is 28.8 Å². The van der Waals surface area contributed by atoms with Gasteiger partial charge < -0.3 is 5.23 Å². The lowest BCUT2D eigenvalue weighted by Gasteiger charge is -2.12. The lowest BCUT2D eigenvalue weighted by molar-refractivity contribution is 0.756. The second-order valence-corrected chi connectivity index (χ2v) is 4.28. The van der Waals surface area contributed by atoms with Crippen LogP contribution < -0.4 is 10.7 Å². The van der Waals surface area contributed by atoms with Crippen LogP contribution in [0, 0.1) is 20.8 Å². The van der Waals surface area contributed by atoms with Crippen LogP contribution >= 0.6 is 0 Å². The van der Waals surface area contributed by atoms with Gasteiger partial charge in [-0.2, -0.15) is 0 Å². The largest absolute Gasteiger partial charge is 0.354 e. The van der Waals surface area contributed by atoms with Gasteiger partial charge in [-0.3, -0.25) is 0 Å². The van der Waals surface area contributed by atoms with Crippen LogP contribution in [0.1, 0.15) is 30.5 Å². The Morgan fingerprint density at radius 2 is 1.57 bits per heavy atom. The van der Waals surface area contributed by atoms with E-state index in [-0.39, 0.29) is 0 Å². The molecule has 0 spiro atoms. The maximum absolute atomic E-state index is 3.34. The highest BCUT2D eigenvalue weighted by atomic mass is 14.8. The van der Waals surface area contributed by atoms with Crippen LogP contribution in [0.4, 0.5) is 0 Å². The number of aryl methyl sites for hydroxylation is 3. The van der Waals surface area contributed by atoms with Crippen molar-refractivity contribution in [1.82, 2.24) is 5.23 Å². The first-order chi connectivity index (χ1) is 6.50. The van der Waals surface area contributed by atoms with Gasteiger partial charge in [0.25, 0.3) is 0 Å². The van der Waals surface area contributed by atoms with Crippen molar-refractivity contribution in [3.63, 3.8) is 0 Å². The van der Waals surface area contributed by atoms with Crippen LogP contribution in [0.5, 0.6) is 0 Å². The van der Waals surface area contributed by atoms with Gasteiger partial charge in [0.1, 0.15) is 0 Å². The summed E-state index contributed by atoms with van der Waals surface area (Å²) < 4.78 is 0. The third-order valence-electron chi connectivity index (χ3n) is 2.30. The fourth-order valence-corrected chi connectivity index (χ4v) is 1.67. The molecule has 0 saturated carbocycles. The predicted molar refractivity (Wildman–Crippen MR) is 64.3 cm³/mol. The molecular weight excluding hydrogens is 169 g/mol. The van der Waals surface area contributed by atoms with Gasteiger partial charge in [-0.05, 0) is 26.8 Å². The second-order valence-electron chi connectivity index (χ2n) is 4.28. The zero-order chi connectivity index (χ0) is 10.7. The Hall–Kier alpha value is -0.755. The molecule has 0 atom stereocenters. The quantitative estimate of drug-likeness (QED) is 0.714. The zero-order valence-electron chi connectivity index (χ0n) is 9.81. The van der Waals surface area contributed by atoms with Gasteiger partial charge >= 0.3 is 0 Å². The number of hydrogen-bond donors (Lipinski definition) is 1. The minimum atomic E-state index is 0.495. The Kier molecular flexibility index (Phi) is 3.76. The van der Waals surface area contributed by atoms with Crippen LogP contribution in [0.2, 0.25) is 0 Å². The summed E-state index contributed by atoms with van der Waals surface area (Å²) in [6.07, 6.45) is 0.